The Morgan fingerprint density at radius 2 is 1.96 bits per heavy atom. The molecule has 0 aliphatic heterocycles. The van der Waals surface area contributed by atoms with Crippen LogP contribution in [-0.4, -0.2) is 54.3 Å². The highest BCUT2D eigenvalue weighted by molar-refractivity contribution is 7.19. The van der Waals surface area contributed by atoms with E-state index in [1.165, 1.54) is 35.1 Å². The van der Waals surface area contributed by atoms with Gasteiger partial charge in [0.15, 0.2) is 0 Å². The number of aromatic nitrogens is 2. The molecule has 0 bridgehead atoms. The molecule has 0 aromatic carbocycles. The van der Waals surface area contributed by atoms with Crippen LogP contribution >= 0.6 is 11.3 Å². The molecule has 2 aromatic rings. The van der Waals surface area contributed by atoms with Crippen molar-refractivity contribution in [2.24, 2.45) is 0 Å². The normalized spacial score (nSPS) is 26.0. The van der Waals surface area contributed by atoms with Crippen LogP contribution in [0.2, 0.25) is 0 Å². The number of hydrogen-bond acceptors (Lipinski definition) is 6. The number of fused-ring (bicyclic) bond motifs is 3. The van der Waals surface area contributed by atoms with Crippen LogP contribution in [0.25, 0.3) is 10.2 Å². The van der Waals surface area contributed by atoms with Gasteiger partial charge in [0.1, 0.15) is 17.3 Å². The highest BCUT2D eigenvalue weighted by Crippen LogP contribution is 2.48. The van der Waals surface area contributed by atoms with Gasteiger partial charge in [-0.3, -0.25) is 0 Å². The molecule has 28 heavy (non-hydrogen) atoms. The van der Waals surface area contributed by atoms with Crippen LogP contribution in [-0.2, 0) is 11.2 Å². The maximum absolute atomic E-state index is 6.49. The zero-order chi connectivity index (χ0) is 19.7. The van der Waals surface area contributed by atoms with E-state index in [0.29, 0.717) is 18.1 Å². The van der Waals surface area contributed by atoms with Crippen LogP contribution in [0.1, 0.15) is 68.2 Å². The molecule has 2 aliphatic rings. The molecule has 1 saturated carbocycles. The maximum Gasteiger partial charge on any atom is 0.225 e. The highest BCUT2D eigenvalue weighted by atomic mass is 32.1. The van der Waals surface area contributed by atoms with E-state index >= 15 is 0 Å². The third-order valence-corrected chi connectivity index (χ3v) is 7.86. The molecule has 5 nitrogen and oxygen atoms in total. The molecule has 0 amide bonds. The summed E-state index contributed by atoms with van der Waals surface area (Å²) in [5, 5.41) is 1.19. The van der Waals surface area contributed by atoms with Crippen molar-refractivity contribution in [3.05, 3.63) is 16.8 Å². The van der Waals surface area contributed by atoms with E-state index in [-0.39, 0.29) is 6.10 Å². The molecule has 0 radical (unpaired) electrons. The minimum atomic E-state index is 0.270. The van der Waals surface area contributed by atoms with E-state index in [0.717, 1.165) is 42.8 Å². The minimum absolute atomic E-state index is 0.270. The Kier molecular flexibility index (Phi) is 6.18. The van der Waals surface area contributed by atoms with Gasteiger partial charge in [-0.2, -0.15) is 0 Å². The van der Waals surface area contributed by atoms with Crippen molar-refractivity contribution in [3.8, 4) is 5.88 Å². The molecular weight excluding hydrogens is 370 g/mol. The van der Waals surface area contributed by atoms with E-state index < -0.39 is 0 Å². The standard InChI is InChI=1S/C22H33N3O2S/c1-5-16(26-4)12-14-6-11-18-19(14)20-21(23-13-24-22(20)28-18)27-17-9-7-15(8-10-17)25(2)3/h13-17H,5-12H2,1-4H3. The lowest BCUT2D eigenvalue weighted by Gasteiger charge is -2.32. The van der Waals surface area contributed by atoms with Gasteiger partial charge in [0.25, 0.3) is 0 Å². The van der Waals surface area contributed by atoms with Gasteiger partial charge < -0.3 is 14.4 Å². The largest absolute Gasteiger partial charge is 0.474 e. The van der Waals surface area contributed by atoms with Crippen LogP contribution < -0.4 is 4.74 Å². The van der Waals surface area contributed by atoms with Crippen LogP contribution in [0.3, 0.4) is 0 Å². The smallest absolute Gasteiger partial charge is 0.225 e. The number of methoxy groups -OCH3 is 1. The molecule has 6 heteroatoms. The number of hydrogen-bond donors (Lipinski definition) is 0. The molecule has 2 aromatic heterocycles. The summed E-state index contributed by atoms with van der Waals surface area (Å²) in [7, 11) is 6.19. The van der Waals surface area contributed by atoms with E-state index in [9.17, 15) is 0 Å². The lowest BCUT2D eigenvalue weighted by Crippen LogP contribution is -2.35. The predicted molar refractivity (Wildman–Crippen MR) is 115 cm³/mol. The molecule has 2 heterocycles. The van der Waals surface area contributed by atoms with Gasteiger partial charge in [-0.1, -0.05) is 6.92 Å². The molecule has 0 saturated heterocycles. The molecule has 0 spiro atoms. The van der Waals surface area contributed by atoms with Crippen LogP contribution in [0.5, 0.6) is 5.88 Å². The second-order valence-corrected chi connectivity index (χ2v) is 9.63. The first kappa shape index (κ1) is 20.0. The zero-order valence-corrected chi connectivity index (χ0v) is 18.4. The fourth-order valence-corrected chi connectivity index (χ4v) is 6.18. The van der Waals surface area contributed by atoms with Gasteiger partial charge in [0.05, 0.1) is 11.5 Å². The quantitative estimate of drug-likeness (QED) is 0.665. The van der Waals surface area contributed by atoms with Crippen molar-refractivity contribution in [1.29, 1.82) is 0 Å². The fourth-order valence-electron chi connectivity index (χ4n) is 4.95. The average Bonchev–Trinajstić information content (AvgIpc) is 3.26. The van der Waals surface area contributed by atoms with Crippen molar-refractivity contribution in [2.75, 3.05) is 21.2 Å². The second-order valence-electron chi connectivity index (χ2n) is 8.55. The first-order chi connectivity index (χ1) is 13.6. The summed E-state index contributed by atoms with van der Waals surface area (Å²) in [6.45, 7) is 2.21. The Hall–Kier alpha value is -1.24. The van der Waals surface area contributed by atoms with Crippen LogP contribution in [0, 0.1) is 0 Å². The lowest BCUT2D eigenvalue weighted by atomic mass is 9.92. The monoisotopic (exact) mass is 403 g/mol. The molecule has 2 atom stereocenters. The maximum atomic E-state index is 6.49. The summed E-state index contributed by atoms with van der Waals surface area (Å²) in [6.07, 6.45) is 11.4. The first-order valence-electron chi connectivity index (χ1n) is 10.7. The fraction of sp³-hybridized carbons (Fsp3) is 0.727. The summed E-state index contributed by atoms with van der Waals surface area (Å²) in [5.41, 5.74) is 1.45. The average molecular weight is 404 g/mol. The molecule has 4 rings (SSSR count). The summed E-state index contributed by atoms with van der Waals surface area (Å²) >= 11 is 1.83. The lowest BCUT2D eigenvalue weighted by molar-refractivity contribution is 0.0857. The van der Waals surface area contributed by atoms with Crippen molar-refractivity contribution < 1.29 is 9.47 Å². The predicted octanol–water partition coefficient (Wildman–Crippen LogP) is 4.79. The van der Waals surface area contributed by atoms with Crippen molar-refractivity contribution in [1.82, 2.24) is 14.9 Å². The summed E-state index contributed by atoms with van der Waals surface area (Å²) in [4.78, 5) is 14.1. The molecule has 0 N–H and O–H groups in total. The number of ether oxygens (including phenoxy) is 2. The van der Waals surface area contributed by atoms with Gasteiger partial charge in [-0.25, -0.2) is 9.97 Å². The third-order valence-electron chi connectivity index (χ3n) is 6.68. The first-order valence-corrected chi connectivity index (χ1v) is 11.5. The highest BCUT2D eigenvalue weighted by Gasteiger charge is 2.32. The Bertz CT molecular complexity index is 794. The SMILES string of the molecule is CCC(CC1CCc2sc3ncnc(OC4CCC(N(C)C)CC4)c3c21)OC. The Labute approximate surface area is 172 Å². The van der Waals surface area contributed by atoms with Gasteiger partial charge in [0, 0.05) is 18.0 Å². The topological polar surface area (TPSA) is 47.5 Å². The molecule has 1 fully saturated rings. The van der Waals surface area contributed by atoms with Gasteiger partial charge in [0.2, 0.25) is 5.88 Å². The Morgan fingerprint density at radius 3 is 2.64 bits per heavy atom. The molecule has 154 valence electrons. The number of rotatable bonds is 7. The van der Waals surface area contributed by atoms with Gasteiger partial charge in [-0.15, -0.1) is 11.3 Å². The van der Waals surface area contributed by atoms with Gasteiger partial charge >= 0.3 is 0 Å². The Balaban J connectivity index is 1.57. The second kappa shape index (κ2) is 8.64. The Morgan fingerprint density at radius 1 is 1.18 bits per heavy atom. The van der Waals surface area contributed by atoms with Crippen molar-refractivity contribution >= 4 is 21.6 Å². The zero-order valence-electron chi connectivity index (χ0n) is 17.6. The number of aryl methyl sites for hydroxylation is 1. The van der Waals surface area contributed by atoms with Gasteiger partial charge in [-0.05, 0) is 76.9 Å². The van der Waals surface area contributed by atoms with E-state index in [1.807, 2.05) is 18.4 Å². The summed E-state index contributed by atoms with van der Waals surface area (Å²) < 4.78 is 12.2. The molecule has 2 unspecified atom stereocenters. The number of nitrogens with zero attached hydrogens (tertiary/aromatic N) is 3. The molecular formula is C22H33N3O2S. The minimum Gasteiger partial charge on any atom is -0.474 e. The van der Waals surface area contributed by atoms with E-state index in [1.54, 1.807) is 6.33 Å². The summed E-state index contributed by atoms with van der Waals surface area (Å²) in [5.74, 6) is 1.35. The van der Waals surface area contributed by atoms with Crippen LogP contribution in [0.15, 0.2) is 6.33 Å². The van der Waals surface area contributed by atoms with E-state index in [2.05, 4.69) is 35.9 Å². The van der Waals surface area contributed by atoms with Crippen LogP contribution in [0.4, 0.5) is 0 Å². The van der Waals surface area contributed by atoms with E-state index in [4.69, 9.17) is 9.47 Å². The molecule has 2 aliphatic carbocycles. The van der Waals surface area contributed by atoms with Crippen molar-refractivity contribution in [2.45, 2.75) is 82.5 Å². The number of thiophene rings is 1. The summed E-state index contributed by atoms with van der Waals surface area (Å²) in [6, 6.07) is 0.681. The third kappa shape index (κ3) is 3.91. The van der Waals surface area contributed by atoms with Crippen molar-refractivity contribution in [3.63, 3.8) is 0 Å².